The van der Waals surface area contributed by atoms with Crippen LogP contribution in [0.2, 0.25) is 0 Å². The molecule has 0 aliphatic heterocycles. The summed E-state index contributed by atoms with van der Waals surface area (Å²) < 4.78 is 17.2. The van der Waals surface area contributed by atoms with Crippen molar-refractivity contribution in [1.29, 1.82) is 0 Å². The van der Waals surface area contributed by atoms with Crippen molar-refractivity contribution in [3.05, 3.63) is 71.8 Å². The fourth-order valence-corrected chi connectivity index (χ4v) is 2.94. The molecular formula is C26H32O4. The van der Waals surface area contributed by atoms with Gasteiger partial charge in [-0.2, -0.15) is 0 Å². The van der Waals surface area contributed by atoms with Crippen molar-refractivity contribution < 1.29 is 19.0 Å². The van der Waals surface area contributed by atoms with Crippen LogP contribution in [0, 0.1) is 0 Å². The molecule has 0 spiro atoms. The van der Waals surface area contributed by atoms with E-state index in [0.717, 1.165) is 41.2 Å². The van der Waals surface area contributed by atoms with Gasteiger partial charge in [0.25, 0.3) is 0 Å². The summed E-state index contributed by atoms with van der Waals surface area (Å²) in [6.45, 7) is 11.8. The number of carbonyl (C=O) groups excluding carboxylic acids is 1. The molecule has 0 atom stereocenters. The summed E-state index contributed by atoms with van der Waals surface area (Å²) in [6, 6.07) is 11.1. The zero-order valence-corrected chi connectivity index (χ0v) is 18.3. The number of hydrogen-bond donors (Lipinski definition) is 0. The lowest BCUT2D eigenvalue weighted by molar-refractivity contribution is 0.104. The molecule has 0 saturated heterocycles. The minimum atomic E-state index is -0.0708. The Balaban J connectivity index is 2.33. The van der Waals surface area contributed by atoms with Gasteiger partial charge in [0.1, 0.15) is 17.2 Å². The molecule has 0 heterocycles. The molecule has 0 radical (unpaired) electrons. The molecule has 2 aromatic rings. The van der Waals surface area contributed by atoms with E-state index in [-0.39, 0.29) is 5.78 Å². The number of carbonyl (C=O) groups is 1. The lowest BCUT2D eigenvalue weighted by atomic mass is 10.0. The first-order valence-corrected chi connectivity index (χ1v) is 10.6. The lowest BCUT2D eigenvalue weighted by Gasteiger charge is -2.16. The Kier molecular flexibility index (Phi) is 9.72. The zero-order chi connectivity index (χ0) is 21.8. The first-order chi connectivity index (χ1) is 14.6. The highest BCUT2D eigenvalue weighted by Crippen LogP contribution is 2.31. The number of ketones is 1. The largest absolute Gasteiger partial charge is 0.494 e. The SMILES string of the molecule is C=CCc1c(/C=C/C(=O)c2ccc(OCC)cc2)cc(OCCC)cc1OCCC. The summed E-state index contributed by atoms with van der Waals surface area (Å²) in [5.41, 5.74) is 2.51. The van der Waals surface area contributed by atoms with E-state index in [1.165, 1.54) is 0 Å². The van der Waals surface area contributed by atoms with Gasteiger partial charge in [-0.3, -0.25) is 4.79 Å². The molecule has 0 fully saturated rings. The molecule has 30 heavy (non-hydrogen) atoms. The highest BCUT2D eigenvalue weighted by molar-refractivity contribution is 6.07. The van der Waals surface area contributed by atoms with E-state index in [1.807, 2.05) is 43.3 Å². The van der Waals surface area contributed by atoms with Gasteiger partial charge in [-0.15, -0.1) is 6.58 Å². The molecule has 0 saturated carbocycles. The molecule has 160 valence electrons. The predicted octanol–water partition coefficient (Wildman–Crippen LogP) is 6.29. The molecule has 0 bridgehead atoms. The summed E-state index contributed by atoms with van der Waals surface area (Å²) >= 11 is 0. The average molecular weight is 409 g/mol. The third kappa shape index (κ3) is 6.80. The Bertz CT molecular complexity index is 850. The standard InChI is InChI=1S/C26H32O4/c1-5-9-24-21(18-23(29-16-6-2)19-26(24)30-17-7-3)12-15-25(27)20-10-13-22(14-11-20)28-8-4/h5,10-15,18-19H,1,6-9,16-17H2,2-4H3/b15-12+. The van der Waals surface area contributed by atoms with Gasteiger partial charge in [0.2, 0.25) is 0 Å². The van der Waals surface area contributed by atoms with Crippen LogP contribution < -0.4 is 14.2 Å². The van der Waals surface area contributed by atoms with Gasteiger partial charge in [0.15, 0.2) is 5.78 Å². The molecule has 0 aliphatic rings. The monoisotopic (exact) mass is 408 g/mol. The maximum absolute atomic E-state index is 12.7. The Hall–Kier alpha value is -3.01. The van der Waals surface area contributed by atoms with Crippen LogP contribution in [-0.2, 0) is 6.42 Å². The van der Waals surface area contributed by atoms with Gasteiger partial charge in [-0.25, -0.2) is 0 Å². The quantitative estimate of drug-likeness (QED) is 0.222. The first kappa shape index (κ1) is 23.3. The highest BCUT2D eigenvalue weighted by Gasteiger charge is 2.12. The van der Waals surface area contributed by atoms with Crippen LogP contribution in [0.4, 0.5) is 0 Å². The van der Waals surface area contributed by atoms with Crippen LogP contribution in [0.1, 0.15) is 55.1 Å². The molecular weight excluding hydrogens is 376 g/mol. The van der Waals surface area contributed by atoms with E-state index in [1.54, 1.807) is 18.2 Å². The molecule has 0 amide bonds. The second-order valence-electron chi connectivity index (χ2n) is 6.83. The molecule has 4 nitrogen and oxygen atoms in total. The lowest BCUT2D eigenvalue weighted by Crippen LogP contribution is -2.03. The van der Waals surface area contributed by atoms with Crippen molar-refractivity contribution in [2.24, 2.45) is 0 Å². The van der Waals surface area contributed by atoms with E-state index in [2.05, 4.69) is 20.4 Å². The molecule has 2 aromatic carbocycles. The summed E-state index contributed by atoms with van der Waals surface area (Å²) in [5, 5.41) is 0. The van der Waals surface area contributed by atoms with Gasteiger partial charge in [-0.05, 0) is 68.2 Å². The molecule has 0 aromatic heterocycles. The van der Waals surface area contributed by atoms with Gasteiger partial charge in [0, 0.05) is 17.2 Å². The predicted molar refractivity (Wildman–Crippen MR) is 123 cm³/mol. The van der Waals surface area contributed by atoms with Crippen molar-refractivity contribution in [2.75, 3.05) is 19.8 Å². The number of rotatable bonds is 13. The van der Waals surface area contributed by atoms with Crippen LogP contribution in [0.3, 0.4) is 0 Å². The second kappa shape index (κ2) is 12.5. The van der Waals surface area contributed by atoms with E-state index < -0.39 is 0 Å². The Labute approximate surface area is 180 Å². The molecule has 0 aliphatic carbocycles. The maximum atomic E-state index is 12.7. The summed E-state index contributed by atoms with van der Waals surface area (Å²) in [7, 11) is 0. The second-order valence-corrected chi connectivity index (χ2v) is 6.83. The number of hydrogen-bond acceptors (Lipinski definition) is 4. The van der Waals surface area contributed by atoms with E-state index in [4.69, 9.17) is 14.2 Å². The van der Waals surface area contributed by atoms with Gasteiger partial charge in [0.05, 0.1) is 19.8 Å². The molecule has 2 rings (SSSR count). The molecule has 4 heteroatoms. The van der Waals surface area contributed by atoms with Crippen LogP contribution in [0.15, 0.2) is 55.1 Å². The van der Waals surface area contributed by atoms with E-state index in [9.17, 15) is 4.79 Å². The smallest absolute Gasteiger partial charge is 0.185 e. The van der Waals surface area contributed by atoms with Crippen molar-refractivity contribution in [1.82, 2.24) is 0 Å². The minimum Gasteiger partial charge on any atom is -0.494 e. The number of benzene rings is 2. The summed E-state index contributed by atoms with van der Waals surface area (Å²) in [4.78, 5) is 12.7. The van der Waals surface area contributed by atoms with Gasteiger partial charge < -0.3 is 14.2 Å². The van der Waals surface area contributed by atoms with E-state index in [0.29, 0.717) is 31.8 Å². The topological polar surface area (TPSA) is 44.8 Å². The molecule has 0 N–H and O–H groups in total. The van der Waals surface area contributed by atoms with Gasteiger partial charge in [-0.1, -0.05) is 26.0 Å². The maximum Gasteiger partial charge on any atom is 0.185 e. The summed E-state index contributed by atoms with van der Waals surface area (Å²) in [6.07, 6.45) is 7.73. The van der Waals surface area contributed by atoms with Crippen molar-refractivity contribution >= 4 is 11.9 Å². The average Bonchev–Trinajstić information content (AvgIpc) is 2.76. The number of allylic oxidation sites excluding steroid dienone is 2. The first-order valence-electron chi connectivity index (χ1n) is 10.6. The Morgan fingerprint density at radius 2 is 1.63 bits per heavy atom. The number of ether oxygens (including phenoxy) is 3. The van der Waals surface area contributed by atoms with Crippen LogP contribution >= 0.6 is 0 Å². The fourth-order valence-electron chi connectivity index (χ4n) is 2.94. The molecule has 0 unspecified atom stereocenters. The van der Waals surface area contributed by atoms with Crippen molar-refractivity contribution in [3.63, 3.8) is 0 Å². The zero-order valence-electron chi connectivity index (χ0n) is 18.3. The minimum absolute atomic E-state index is 0.0708. The summed E-state index contributed by atoms with van der Waals surface area (Å²) in [5.74, 6) is 2.20. The highest BCUT2D eigenvalue weighted by atomic mass is 16.5. The normalized spacial score (nSPS) is 10.8. The van der Waals surface area contributed by atoms with Crippen LogP contribution in [-0.4, -0.2) is 25.6 Å². The Morgan fingerprint density at radius 3 is 2.27 bits per heavy atom. The fraction of sp³-hybridized carbons (Fsp3) is 0.346. The van der Waals surface area contributed by atoms with Crippen LogP contribution in [0.25, 0.3) is 6.08 Å². The van der Waals surface area contributed by atoms with E-state index >= 15 is 0 Å². The van der Waals surface area contributed by atoms with Gasteiger partial charge >= 0.3 is 0 Å². The van der Waals surface area contributed by atoms with Crippen molar-refractivity contribution in [2.45, 2.75) is 40.0 Å². The van der Waals surface area contributed by atoms with Crippen LogP contribution in [0.5, 0.6) is 17.2 Å². The Morgan fingerprint density at radius 1 is 0.933 bits per heavy atom. The third-order valence-electron chi connectivity index (χ3n) is 4.36. The van der Waals surface area contributed by atoms with Crippen molar-refractivity contribution in [3.8, 4) is 17.2 Å². The third-order valence-corrected chi connectivity index (χ3v) is 4.36.